The molecule has 0 atom stereocenters. The third kappa shape index (κ3) is 4.49. The zero-order valence-electron chi connectivity index (χ0n) is 13.6. The van der Waals surface area contributed by atoms with Gasteiger partial charge in [0.15, 0.2) is 0 Å². The van der Waals surface area contributed by atoms with E-state index in [1.165, 1.54) is 36.6 Å². The molecule has 1 N–H and O–H groups in total. The molecule has 0 unspecified atom stereocenters. The van der Waals surface area contributed by atoms with Gasteiger partial charge in [0.25, 0.3) is 0 Å². The number of nitrogens with zero attached hydrogens (tertiary/aromatic N) is 3. The van der Waals surface area contributed by atoms with Gasteiger partial charge < -0.3 is 5.32 Å². The average Bonchev–Trinajstić information content (AvgIpc) is 3.16. The van der Waals surface area contributed by atoms with Crippen LogP contribution in [0, 0.1) is 0 Å². The highest BCUT2D eigenvalue weighted by atomic mass is 32.1. The standard InChI is InChI=1S/C16H28N4S/c1-16(2,3)20-8-6-19(7-9-20)11-14-12-21-15(18-14)10-17-13-4-5-13/h12-13,17H,4-11H2,1-3H3. The number of hydrogen-bond donors (Lipinski definition) is 1. The van der Waals surface area contributed by atoms with E-state index in [2.05, 4.69) is 41.3 Å². The summed E-state index contributed by atoms with van der Waals surface area (Å²) in [7, 11) is 0. The highest BCUT2D eigenvalue weighted by molar-refractivity contribution is 7.09. The smallest absolute Gasteiger partial charge is 0.107 e. The minimum absolute atomic E-state index is 0.300. The van der Waals surface area contributed by atoms with Gasteiger partial charge in [-0.15, -0.1) is 11.3 Å². The normalized spacial score (nSPS) is 21.9. The number of piperazine rings is 1. The van der Waals surface area contributed by atoms with Gasteiger partial charge in [-0.05, 0) is 33.6 Å². The number of aromatic nitrogens is 1. The largest absolute Gasteiger partial charge is 0.308 e. The van der Waals surface area contributed by atoms with Crippen LogP contribution < -0.4 is 5.32 Å². The van der Waals surface area contributed by atoms with Crippen molar-refractivity contribution in [2.24, 2.45) is 0 Å². The Morgan fingerprint density at radius 3 is 2.57 bits per heavy atom. The Hall–Kier alpha value is -0.490. The Morgan fingerprint density at radius 2 is 1.95 bits per heavy atom. The molecule has 1 saturated heterocycles. The molecule has 1 saturated carbocycles. The molecule has 1 aliphatic carbocycles. The molecule has 0 amide bonds. The zero-order valence-corrected chi connectivity index (χ0v) is 14.4. The quantitative estimate of drug-likeness (QED) is 0.904. The minimum atomic E-state index is 0.300. The lowest BCUT2D eigenvalue weighted by atomic mass is 10.1. The Morgan fingerprint density at radius 1 is 1.24 bits per heavy atom. The van der Waals surface area contributed by atoms with E-state index in [4.69, 9.17) is 4.98 Å². The summed E-state index contributed by atoms with van der Waals surface area (Å²) < 4.78 is 0. The summed E-state index contributed by atoms with van der Waals surface area (Å²) in [5, 5.41) is 7.02. The van der Waals surface area contributed by atoms with Crippen molar-refractivity contribution in [2.75, 3.05) is 26.2 Å². The third-order valence-electron chi connectivity index (χ3n) is 4.43. The Labute approximate surface area is 132 Å². The van der Waals surface area contributed by atoms with Gasteiger partial charge in [-0.3, -0.25) is 9.80 Å². The molecule has 3 rings (SSSR count). The minimum Gasteiger partial charge on any atom is -0.308 e. The predicted molar refractivity (Wildman–Crippen MR) is 88.6 cm³/mol. The lowest BCUT2D eigenvalue weighted by Crippen LogP contribution is -2.53. The van der Waals surface area contributed by atoms with Crippen LogP contribution in [0.25, 0.3) is 0 Å². The van der Waals surface area contributed by atoms with E-state index in [1.54, 1.807) is 11.3 Å². The Bertz CT molecular complexity index is 453. The number of hydrogen-bond acceptors (Lipinski definition) is 5. The van der Waals surface area contributed by atoms with E-state index >= 15 is 0 Å². The monoisotopic (exact) mass is 308 g/mol. The first-order valence-electron chi connectivity index (χ1n) is 8.15. The second-order valence-electron chi connectivity index (χ2n) is 7.32. The fourth-order valence-electron chi connectivity index (χ4n) is 2.83. The van der Waals surface area contributed by atoms with Crippen LogP contribution in [-0.2, 0) is 13.1 Å². The topological polar surface area (TPSA) is 31.4 Å². The molecule has 0 bridgehead atoms. The van der Waals surface area contributed by atoms with Crippen LogP contribution in [0.2, 0.25) is 0 Å². The fraction of sp³-hybridized carbons (Fsp3) is 0.812. The molecule has 118 valence electrons. The van der Waals surface area contributed by atoms with Gasteiger partial charge in [-0.25, -0.2) is 4.98 Å². The van der Waals surface area contributed by atoms with Gasteiger partial charge in [-0.2, -0.15) is 0 Å². The summed E-state index contributed by atoms with van der Waals surface area (Å²) >= 11 is 1.80. The van der Waals surface area contributed by atoms with Crippen molar-refractivity contribution < 1.29 is 0 Å². The van der Waals surface area contributed by atoms with E-state index in [-0.39, 0.29) is 0 Å². The van der Waals surface area contributed by atoms with Crippen molar-refractivity contribution in [3.05, 3.63) is 16.1 Å². The summed E-state index contributed by atoms with van der Waals surface area (Å²) in [6, 6.07) is 0.767. The highest BCUT2D eigenvalue weighted by Crippen LogP contribution is 2.21. The van der Waals surface area contributed by atoms with Crippen LogP contribution in [0.15, 0.2) is 5.38 Å². The SMILES string of the molecule is CC(C)(C)N1CCN(Cc2csc(CNC3CC3)n2)CC1. The van der Waals surface area contributed by atoms with Crippen molar-refractivity contribution in [1.29, 1.82) is 0 Å². The predicted octanol–water partition coefficient (Wildman–Crippen LogP) is 2.31. The summed E-state index contributed by atoms with van der Waals surface area (Å²) in [5.41, 5.74) is 1.55. The summed E-state index contributed by atoms with van der Waals surface area (Å²) in [6.45, 7) is 13.5. The molecule has 2 heterocycles. The van der Waals surface area contributed by atoms with E-state index in [0.29, 0.717) is 5.54 Å². The Kier molecular flexibility index (Phi) is 4.64. The molecule has 4 nitrogen and oxygen atoms in total. The van der Waals surface area contributed by atoms with Crippen molar-refractivity contribution >= 4 is 11.3 Å². The van der Waals surface area contributed by atoms with Crippen LogP contribution in [0.3, 0.4) is 0 Å². The van der Waals surface area contributed by atoms with Crippen LogP contribution in [0.4, 0.5) is 0 Å². The number of rotatable bonds is 5. The maximum absolute atomic E-state index is 4.77. The van der Waals surface area contributed by atoms with E-state index in [1.807, 2.05) is 0 Å². The first-order chi connectivity index (χ1) is 10.0. The lowest BCUT2D eigenvalue weighted by Gasteiger charge is -2.42. The van der Waals surface area contributed by atoms with Gasteiger partial charge in [0.05, 0.1) is 5.69 Å². The molecule has 0 radical (unpaired) electrons. The van der Waals surface area contributed by atoms with Crippen molar-refractivity contribution in [3.8, 4) is 0 Å². The Balaban J connectivity index is 1.44. The second-order valence-corrected chi connectivity index (χ2v) is 8.26. The van der Waals surface area contributed by atoms with Gasteiger partial charge in [0.1, 0.15) is 5.01 Å². The van der Waals surface area contributed by atoms with E-state index in [0.717, 1.165) is 32.2 Å². The lowest BCUT2D eigenvalue weighted by molar-refractivity contribution is 0.0586. The molecule has 2 fully saturated rings. The van der Waals surface area contributed by atoms with E-state index < -0.39 is 0 Å². The number of nitrogens with one attached hydrogen (secondary N) is 1. The van der Waals surface area contributed by atoms with Crippen LogP contribution in [-0.4, -0.2) is 52.5 Å². The van der Waals surface area contributed by atoms with E-state index in [9.17, 15) is 0 Å². The van der Waals surface area contributed by atoms with Crippen LogP contribution in [0.1, 0.15) is 44.3 Å². The third-order valence-corrected chi connectivity index (χ3v) is 5.32. The molecule has 0 aromatic carbocycles. The molecule has 1 aliphatic heterocycles. The summed E-state index contributed by atoms with van der Waals surface area (Å²) in [4.78, 5) is 9.89. The molecule has 5 heteroatoms. The first kappa shape index (κ1) is 15.4. The molecule has 1 aromatic rings. The molecule has 1 aromatic heterocycles. The molecular formula is C16H28N4S. The van der Waals surface area contributed by atoms with Crippen molar-refractivity contribution in [3.63, 3.8) is 0 Å². The van der Waals surface area contributed by atoms with Crippen molar-refractivity contribution in [1.82, 2.24) is 20.1 Å². The van der Waals surface area contributed by atoms with Crippen LogP contribution in [0.5, 0.6) is 0 Å². The average molecular weight is 308 g/mol. The maximum Gasteiger partial charge on any atom is 0.107 e. The van der Waals surface area contributed by atoms with Gasteiger partial charge >= 0.3 is 0 Å². The summed E-state index contributed by atoms with van der Waals surface area (Å²) in [5.74, 6) is 0. The number of thiazole rings is 1. The first-order valence-corrected chi connectivity index (χ1v) is 9.03. The molecule has 21 heavy (non-hydrogen) atoms. The van der Waals surface area contributed by atoms with Crippen LogP contribution >= 0.6 is 11.3 Å². The second kappa shape index (κ2) is 6.32. The van der Waals surface area contributed by atoms with Gasteiger partial charge in [-0.1, -0.05) is 0 Å². The summed E-state index contributed by atoms with van der Waals surface area (Å²) in [6.07, 6.45) is 2.69. The molecular weight excluding hydrogens is 280 g/mol. The molecule has 0 spiro atoms. The van der Waals surface area contributed by atoms with Crippen molar-refractivity contribution in [2.45, 2.75) is 58.3 Å². The maximum atomic E-state index is 4.77. The van der Waals surface area contributed by atoms with Gasteiger partial charge in [0.2, 0.25) is 0 Å². The fourth-order valence-corrected chi connectivity index (χ4v) is 3.56. The van der Waals surface area contributed by atoms with Gasteiger partial charge in [0, 0.05) is 56.2 Å². The zero-order chi connectivity index (χ0) is 14.9. The molecule has 2 aliphatic rings. The highest BCUT2D eigenvalue weighted by Gasteiger charge is 2.26.